The van der Waals surface area contributed by atoms with Crippen LogP contribution in [0.1, 0.15) is 53.6 Å². The summed E-state index contributed by atoms with van der Waals surface area (Å²) in [6, 6.07) is 5.63. The minimum Gasteiger partial charge on any atom is -0.301 e. The molecule has 1 aliphatic rings. The molecule has 0 spiro atoms. The van der Waals surface area contributed by atoms with Crippen LogP contribution in [0.5, 0.6) is 0 Å². The molecule has 9 heteroatoms. The number of nitrogens with one attached hydrogen (secondary N) is 3. The maximum absolute atomic E-state index is 12.9. The summed E-state index contributed by atoms with van der Waals surface area (Å²) in [6.07, 6.45) is 3.79. The van der Waals surface area contributed by atoms with Crippen molar-refractivity contribution >= 4 is 33.8 Å². The molecule has 2 aromatic heterocycles. The Bertz CT molecular complexity index is 1170. The van der Waals surface area contributed by atoms with Crippen LogP contribution in [0.15, 0.2) is 36.0 Å². The van der Waals surface area contributed by atoms with Crippen LogP contribution >= 0.6 is 11.3 Å². The van der Waals surface area contributed by atoms with Crippen molar-refractivity contribution in [2.45, 2.75) is 40.0 Å². The molecule has 8 nitrogen and oxygen atoms in total. The molecule has 0 radical (unpaired) electrons. The Morgan fingerprint density at radius 1 is 1.23 bits per heavy atom. The van der Waals surface area contributed by atoms with Gasteiger partial charge in [-0.1, -0.05) is 26.8 Å². The molecule has 162 valence electrons. The number of benzene rings is 1. The number of carbonyl (C=O) groups excluding carboxylic acids is 1. The lowest BCUT2D eigenvalue weighted by Crippen LogP contribution is -2.36. The van der Waals surface area contributed by atoms with Crippen LogP contribution in [0.2, 0.25) is 0 Å². The minimum absolute atomic E-state index is 0.0540. The standard InChI is InChI=1S/C22H27N7OS/c1-13-7-8-15(20(30)25-21-24-19(12-31-21)22(3,4)5)9-18(13)29-11-17(26-27-29)16-10-23-28(6)14(16)2/h7-12,26-27H,1-6H3,(H,24,25,30). The van der Waals surface area contributed by atoms with Gasteiger partial charge in [0.25, 0.3) is 5.91 Å². The zero-order valence-corrected chi connectivity index (χ0v) is 19.4. The normalized spacial score (nSPS) is 13.9. The van der Waals surface area contributed by atoms with Crippen LogP contribution in [0.4, 0.5) is 10.8 Å². The van der Waals surface area contributed by atoms with E-state index in [0.717, 1.165) is 33.9 Å². The molecule has 3 N–H and O–H groups in total. The molecule has 31 heavy (non-hydrogen) atoms. The van der Waals surface area contributed by atoms with Crippen LogP contribution in [0.25, 0.3) is 5.70 Å². The minimum atomic E-state index is -0.185. The second-order valence-corrected chi connectivity index (χ2v) is 9.52. The van der Waals surface area contributed by atoms with Crippen molar-refractivity contribution < 1.29 is 4.79 Å². The number of anilines is 2. The summed E-state index contributed by atoms with van der Waals surface area (Å²) in [5.74, 6) is -0.185. The third-order valence-corrected chi connectivity index (χ3v) is 6.08. The van der Waals surface area contributed by atoms with Gasteiger partial charge in [0, 0.05) is 40.9 Å². The van der Waals surface area contributed by atoms with E-state index in [1.165, 1.54) is 11.3 Å². The molecule has 1 aliphatic heterocycles. The number of amides is 1. The molecule has 0 fully saturated rings. The van der Waals surface area contributed by atoms with Gasteiger partial charge in [0.2, 0.25) is 0 Å². The first-order valence-electron chi connectivity index (χ1n) is 10.0. The first-order chi connectivity index (χ1) is 14.6. The molecular weight excluding hydrogens is 410 g/mol. The molecule has 0 atom stereocenters. The van der Waals surface area contributed by atoms with Crippen LogP contribution in [0, 0.1) is 13.8 Å². The Labute approximate surface area is 185 Å². The van der Waals surface area contributed by atoms with Crippen molar-refractivity contribution in [1.29, 1.82) is 0 Å². The number of hydrogen-bond acceptors (Lipinski definition) is 7. The summed E-state index contributed by atoms with van der Waals surface area (Å²) in [4.78, 5) is 17.4. The van der Waals surface area contributed by atoms with Gasteiger partial charge in [0.05, 0.1) is 23.3 Å². The van der Waals surface area contributed by atoms with Gasteiger partial charge in [0.1, 0.15) is 0 Å². The maximum Gasteiger partial charge on any atom is 0.257 e. The average molecular weight is 438 g/mol. The van der Waals surface area contributed by atoms with E-state index in [1.54, 1.807) is 0 Å². The topological polar surface area (TPSA) is 87.1 Å². The summed E-state index contributed by atoms with van der Waals surface area (Å²) in [7, 11) is 1.92. The fraction of sp³-hybridized carbons (Fsp3) is 0.318. The summed E-state index contributed by atoms with van der Waals surface area (Å²) in [6.45, 7) is 10.3. The predicted octanol–water partition coefficient (Wildman–Crippen LogP) is 3.87. The van der Waals surface area contributed by atoms with Gasteiger partial charge in [-0.3, -0.25) is 19.8 Å². The monoisotopic (exact) mass is 437 g/mol. The van der Waals surface area contributed by atoms with Crippen molar-refractivity contribution in [3.8, 4) is 0 Å². The van der Waals surface area contributed by atoms with Crippen LogP contribution < -0.4 is 21.3 Å². The summed E-state index contributed by atoms with van der Waals surface area (Å²) >= 11 is 1.44. The van der Waals surface area contributed by atoms with E-state index in [-0.39, 0.29) is 11.3 Å². The van der Waals surface area contributed by atoms with Crippen molar-refractivity contribution in [3.05, 3.63) is 64.1 Å². The Balaban J connectivity index is 1.55. The third-order valence-electron chi connectivity index (χ3n) is 5.32. The molecule has 4 rings (SSSR count). The van der Waals surface area contributed by atoms with Gasteiger partial charge in [-0.05, 0) is 31.5 Å². The number of carbonyl (C=O) groups is 1. The van der Waals surface area contributed by atoms with E-state index < -0.39 is 0 Å². The molecule has 0 bridgehead atoms. The van der Waals surface area contributed by atoms with Gasteiger partial charge in [-0.15, -0.1) is 16.9 Å². The largest absolute Gasteiger partial charge is 0.301 e. The van der Waals surface area contributed by atoms with E-state index in [1.807, 2.05) is 66.6 Å². The lowest BCUT2D eigenvalue weighted by molar-refractivity contribution is 0.102. The maximum atomic E-state index is 12.9. The summed E-state index contributed by atoms with van der Waals surface area (Å²) in [5, 5.41) is 11.7. The highest BCUT2D eigenvalue weighted by molar-refractivity contribution is 7.14. The van der Waals surface area contributed by atoms with Gasteiger partial charge in [0.15, 0.2) is 5.13 Å². The smallest absolute Gasteiger partial charge is 0.257 e. The van der Waals surface area contributed by atoms with E-state index in [9.17, 15) is 4.79 Å². The highest BCUT2D eigenvalue weighted by atomic mass is 32.1. The van der Waals surface area contributed by atoms with Crippen LogP contribution in [-0.2, 0) is 12.5 Å². The average Bonchev–Trinajstić information content (AvgIpc) is 3.43. The van der Waals surface area contributed by atoms with Gasteiger partial charge in [-0.2, -0.15) is 5.10 Å². The molecular formula is C22H27N7OS. The Hall–Kier alpha value is -3.17. The first kappa shape index (κ1) is 21.1. The lowest BCUT2D eigenvalue weighted by Gasteiger charge is -2.18. The third kappa shape index (κ3) is 4.19. The Morgan fingerprint density at radius 3 is 2.65 bits per heavy atom. The summed E-state index contributed by atoms with van der Waals surface area (Å²) in [5.41, 5.74) is 12.7. The SMILES string of the molecule is Cc1ccc(C(=O)Nc2nc(C(C)(C)C)cs2)cc1N1C=C(c2cnn(C)c2C)NN1. The van der Waals surface area contributed by atoms with Crippen molar-refractivity contribution in [3.63, 3.8) is 0 Å². The first-order valence-corrected chi connectivity index (χ1v) is 10.9. The number of aryl methyl sites for hydroxylation is 2. The number of hydrazine groups is 2. The molecule has 1 aromatic carbocycles. The highest BCUT2D eigenvalue weighted by Gasteiger charge is 2.21. The van der Waals surface area contributed by atoms with E-state index >= 15 is 0 Å². The number of hydrogen-bond donors (Lipinski definition) is 3. The van der Waals surface area contributed by atoms with Gasteiger partial charge >= 0.3 is 0 Å². The van der Waals surface area contributed by atoms with Crippen molar-refractivity contribution in [2.75, 3.05) is 10.3 Å². The second-order valence-electron chi connectivity index (χ2n) is 8.66. The molecule has 1 amide bonds. The van der Waals surface area contributed by atoms with Crippen LogP contribution in [-0.4, -0.2) is 20.7 Å². The zero-order valence-electron chi connectivity index (χ0n) is 18.6. The van der Waals surface area contributed by atoms with E-state index in [0.29, 0.717) is 10.7 Å². The zero-order chi connectivity index (χ0) is 22.3. The van der Waals surface area contributed by atoms with Crippen LogP contribution in [0.3, 0.4) is 0 Å². The fourth-order valence-corrected chi connectivity index (χ4v) is 4.13. The highest BCUT2D eigenvalue weighted by Crippen LogP contribution is 2.28. The molecule has 0 saturated carbocycles. The van der Waals surface area contributed by atoms with Gasteiger partial charge in [-0.25, -0.2) is 4.98 Å². The number of thiazole rings is 1. The Morgan fingerprint density at radius 2 is 2.00 bits per heavy atom. The fourth-order valence-electron chi connectivity index (χ4n) is 3.20. The molecule has 3 aromatic rings. The Kier molecular flexibility index (Phi) is 5.32. The number of aromatic nitrogens is 3. The van der Waals surface area contributed by atoms with E-state index in [4.69, 9.17) is 0 Å². The second kappa shape index (κ2) is 7.82. The molecule has 0 unspecified atom stereocenters. The van der Waals surface area contributed by atoms with Crippen molar-refractivity contribution in [2.24, 2.45) is 7.05 Å². The number of rotatable bonds is 4. The summed E-state index contributed by atoms with van der Waals surface area (Å²) < 4.78 is 1.83. The van der Waals surface area contributed by atoms with Gasteiger partial charge < -0.3 is 5.43 Å². The van der Waals surface area contributed by atoms with E-state index in [2.05, 4.69) is 47.1 Å². The number of nitrogens with zero attached hydrogens (tertiary/aromatic N) is 4. The predicted molar refractivity (Wildman–Crippen MR) is 125 cm³/mol. The quantitative estimate of drug-likeness (QED) is 0.574. The lowest BCUT2D eigenvalue weighted by atomic mass is 9.93. The van der Waals surface area contributed by atoms with Crippen molar-refractivity contribution in [1.82, 2.24) is 25.7 Å². The molecule has 3 heterocycles. The molecule has 0 saturated heterocycles. The molecule has 0 aliphatic carbocycles.